The van der Waals surface area contributed by atoms with Crippen LogP contribution in [-0.4, -0.2) is 4.92 Å². The smallest absolute Gasteiger partial charge is 0.269 e. The zero-order valence-corrected chi connectivity index (χ0v) is 7.93. The maximum absolute atomic E-state index is 10.6. The highest BCUT2D eigenvalue weighted by molar-refractivity contribution is 5.44. The SMILES string of the molecule is CC1Cc2ccc([N+](=O)[O-])cc2C1N. The van der Waals surface area contributed by atoms with Gasteiger partial charge in [0.25, 0.3) is 5.69 Å². The van der Waals surface area contributed by atoms with Crippen LogP contribution in [0.15, 0.2) is 18.2 Å². The summed E-state index contributed by atoms with van der Waals surface area (Å²) in [7, 11) is 0. The number of fused-ring (bicyclic) bond motifs is 1. The lowest BCUT2D eigenvalue weighted by Crippen LogP contribution is -2.13. The fraction of sp³-hybridized carbons (Fsp3) is 0.400. The minimum Gasteiger partial charge on any atom is -0.324 e. The summed E-state index contributed by atoms with van der Waals surface area (Å²) in [6.07, 6.45) is 0.925. The molecule has 4 heteroatoms. The predicted molar refractivity (Wildman–Crippen MR) is 52.9 cm³/mol. The summed E-state index contributed by atoms with van der Waals surface area (Å²) in [5.41, 5.74) is 8.15. The predicted octanol–water partition coefficient (Wildman–Crippen LogP) is 1.79. The van der Waals surface area contributed by atoms with E-state index in [0.717, 1.165) is 17.5 Å². The van der Waals surface area contributed by atoms with E-state index in [4.69, 9.17) is 5.73 Å². The minimum absolute atomic E-state index is 0.0510. The van der Waals surface area contributed by atoms with Crippen LogP contribution in [0.4, 0.5) is 5.69 Å². The van der Waals surface area contributed by atoms with Crippen molar-refractivity contribution >= 4 is 5.69 Å². The summed E-state index contributed by atoms with van der Waals surface area (Å²) in [5.74, 6) is 0.381. The first-order chi connectivity index (χ1) is 6.59. The molecule has 2 unspecified atom stereocenters. The molecule has 1 aromatic rings. The first kappa shape index (κ1) is 9.15. The Kier molecular flexibility index (Phi) is 2.00. The molecule has 1 aliphatic rings. The molecule has 2 rings (SSSR count). The summed E-state index contributed by atoms with van der Waals surface area (Å²) in [5, 5.41) is 10.6. The number of hydrogen-bond acceptors (Lipinski definition) is 3. The van der Waals surface area contributed by atoms with Crippen molar-refractivity contribution in [2.45, 2.75) is 19.4 Å². The Morgan fingerprint density at radius 1 is 1.57 bits per heavy atom. The van der Waals surface area contributed by atoms with Gasteiger partial charge in [-0.05, 0) is 23.5 Å². The molecular weight excluding hydrogens is 180 g/mol. The van der Waals surface area contributed by atoms with Crippen LogP contribution in [0.1, 0.15) is 24.1 Å². The molecule has 4 nitrogen and oxygen atoms in total. The topological polar surface area (TPSA) is 69.2 Å². The number of rotatable bonds is 1. The van der Waals surface area contributed by atoms with E-state index in [1.165, 1.54) is 0 Å². The van der Waals surface area contributed by atoms with Gasteiger partial charge in [0, 0.05) is 18.2 Å². The quantitative estimate of drug-likeness (QED) is 0.544. The van der Waals surface area contributed by atoms with E-state index in [9.17, 15) is 10.1 Å². The normalized spacial score (nSPS) is 24.7. The van der Waals surface area contributed by atoms with Gasteiger partial charge in [-0.15, -0.1) is 0 Å². The molecule has 0 aromatic heterocycles. The van der Waals surface area contributed by atoms with Crippen LogP contribution in [-0.2, 0) is 6.42 Å². The van der Waals surface area contributed by atoms with Gasteiger partial charge in [-0.2, -0.15) is 0 Å². The van der Waals surface area contributed by atoms with Gasteiger partial charge < -0.3 is 5.73 Å². The average Bonchev–Trinajstić information content (AvgIpc) is 2.43. The summed E-state index contributed by atoms with van der Waals surface area (Å²) in [4.78, 5) is 10.2. The van der Waals surface area contributed by atoms with E-state index < -0.39 is 0 Å². The van der Waals surface area contributed by atoms with Crippen molar-refractivity contribution in [3.63, 3.8) is 0 Å². The molecule has 1 aromatic carbocycles. The number of nitro groups is 1. The molecule has 0 amide bonds. The van der Waals surface area contributed by atoms with Crippen LogP contribution >= 0.6 is 0 Å². The van der Waals surface area contributed by atoms with Crippen LogP contribution in [0, 0.1) is 16.0 Å². The van der Waals surface area contributed by atoms with Gasteiger partial charge in [-0.1, -0.05) is 13.0 Å². The first-order valence-electron chi connectivity index (χ1n) is 4.62. The van der Waals surface area contributed by atoms with Crippen molar-refractivity contribution in [2.24, 2.45) is 11.7 Å². The van der Waals surface area contributed by atoms with E-state index in [1.807, 2.05) is 6.07 Å². The number of nitrogens with zero attached hydrogens (tertiary/aromatic N) is 1. The van der Waals surface area contributed by atoms with E-state index in [1.54, 1.807) is 12.1 Å². The van der Waals surface area contributed by atoms with Crippen LogP contribution in [0.5, 0.6) is 0 Å². The summed E-state index contributed by atoms with van der Waals surface area (Å²) >= 11 is 0. The second kappa shape index (κ2) is 3.06. The monoisotopic (exact) mass is 192 g/mol. The summed E-state index contributed by atoms with van der Waals surface area (Å²) in [6, 6.07) is 4.91. The van der Waals surface area contributed by atoms with Crippen molar-refractivity contribution < 1.29 is 4.92 Å². The standard InChI is InChI=1S/C10H12N2O2/c1-6-4-7-2-3-8(12(13)14)5-9(7)10(6)11/h2-3,5-6,10H,4,11H2,1H3. The molecule has 14 heavy (non-hydrogen) atoms. The van der Waals surface area contributed by atoms with Gasteiger partial charge in [0.2, 0.25) is 0 Å². The largest absolute Gasteiger partial charge is 0.324 e. The Hall–Kier alpha value is -1.42. The van der Waals surface area contributed by atoms with Gasteiger partial charge in [0.05, 0.1) is 4.92 Å². The Balaban J connectivity index is 2.46. The highest BCUT2D eigenvalue weighted by Crippen LogP contribution is 2.35. The van der Waals surface area contributed by atoms with Crippen LogP contribution in [0.2, 0.25) is 0 Å². The number of non-ortho nitro benzene ring substituents is 1. The highest BCUT2D eigenvalue weighted by atomic mass is 16.6. The van der Waals surface area contributed by atoms with Gasteiger partial charge in [0.1, 0.15) is 0 Å². The minimum atomic E-state index is -0.379. The molecule has 0 fully saturated rings. The van der Waals surface area contributed by atoms with E-state index in [-0.39, 0.29) is 16.7 Å². The molecule has 0 aliphatic heterocycles. The van der Waals surface area contributed by atoms with E-state index in [0.29, 0.717) is 5.92 Å². The molecule has 0 bridgehead atoms. The van der Waals surface area contributed by atoms with Crippen molar-refractivity contribution in [1.29, 1.82) is 0 Å². The second-order valence-corrected chi connectivity index (χ2v) is 3.85. The summed E-state index contributed by atoms with van der Waals surface area (Å²) < 4.78 is 0. The zero-order chi connectivity index (χ0) is 10.3. The van der Waals surface area contributed by atoms with E-state index in [2.05, 4.69) is 6.92 Å². The summed E-state index contributed by atoms with van der Waals surface area (Å²) in [6.45, 7) is 2.07. The Labute approximate surface area is 81.9 Å². The number of nitro benzene ring substituents is 1. The van der Waals surface area contributed by atoms with Crippen molar-refractivity contribution in [3.8, 4) is 0 Å². The second-order valence-electron chi connectivity index (χ2n) is 3.85. The van der Waals surface area contributed by atoms with Crippen LogP contribution < -0.4 is 5.73 Å². The Morgan fingerprint density at radius 3 is 2.93 bits per heavy atom. The third-order valence-electron chi connectivity index (χ3n) is 2.85. The maximum Gasteiger partial charge on any atom is 0.269 e. The average molecular weight is 192 g/mol. The molecule has 1 aliphatic carbocycles. The molecule has 0 radical (unpaired) electrons. The first-order valence-corrected chi connectivity index (χ1v) is 4.62. The van der Waals surface area contributed by atoms with Crippen molar-refractivity contribution in [1.82, 2.24) is 0 Å². The van der Waals surface area contributed by atoms with Gasteiger partial charge in [0.15, 0.2) is 0 Å². The molecule has 74 valence electrons. The van der Waals surface area contributed by atoms with E-state index >= 15 is 0 Å². The molecule has 2 N–H and O–H groups in total. The molecular formula is C10H12N2O2. The van der Waals surface area contributed by atoms with Crippen molar-refractivity contribution in [3.05, 3.63) is 39.4 Å². The fourth-order valence-corrected chi connectivity index (χ4v) is 1.97. The maximum atomic E-state index is 10.6. The number of benzene rings is 1. The zero-order valence-electron chi connectivity index (χ0n) is 7.93. The molecule has 0 saturated heterocycles. The lowest BCUT2D eigenvalue weighted by molar-refractivity contribution is -0.384. The number of hydrogen-bond donors (Lipinski definition) is 1. The molecule has 2 atom stereocenters. The van der Waals surface area contributed by atoms with Gasteiger partial charge in [-0.25, -0.2) is 0 Å². The van der Waals surface area contributed by atoms with Gasteiger partial charge in [-0.3, -0.25) is 10.1 Å². The lowest BCUT2D eigenvalue weighted by atomic mass is 10.0. The highest BCUT2D eigenvalue weighted by Gasteiger charge is 2.27. The van der Waals surface area contributed by atoms with Crippen molar-refractivity contribution in [2.75, 3.05) is 0 Å². The van der Waals surface area contributed by atoms with Crippen LogP contribution in [0.3, 0.4) is 0 Å². The Bertz CT molecular complexity index is 390. The van der Waals surface area contributed by atoms with Gasteiger partial charge >= 0.3 is 0 Å². The van der Waals surface area contributed by atoms with Crippen LogP contribution in [0.25, 0.3) is 0 Å². The Morgan fingerprint density at radius 2 is 2.29 bits per heavy atom. The fourth-order valence-electron chi connectivity index (χ4n) is 1.97. The number of nitrogens with two attached hydrogens (primary N) is 1. The molecule has 0 heterocycles. The third kappa shape index (κ3) is 1.28. The third-order valence-corrected chi connectivity index (χ3v) is 2.85. The lowest BCUT2D eigenvalue weighted by Gasteiger charge is -2.08. The molecule has 0 saturated carbocycles. The molecule has 0 spiro atoms.